The van der Waals surface area contributed by atoms with Crippen molar-refractivity contribution in [1.82, 2.24) is 5.32 Å². The van der Waals surface area contributed by atoms with Gasteiger partial charge in [0.2, 0.25) is 0 Å². The molecule has 0 amide bonds. The Hall–Kier alpha value is -0.540. The summed E-state index contributed by atoms with van der Waals surface area (Å²) in [5.41, 5.74) is 0. The highest BCUT2D eigenvalue weighted by Crippen LogP contribution is 1.50. The van der Waals surface area contributed by atoms with Gasteiger partial charge < -0.3 is 10.4 Å². The summed E-state index contributed by atoms with van der Waals surface area (Å²) in [6.07, 6.45) is 0. The van der Waals surface area contributed by atoms with Crippen LogP contribution >= 0.6 is 12.4 Å². The second-order valence-corrected chi connectivity index (χ2v) is 0.924. The van der Waals surface area contributed by atoms with E-state index in [1.807, 2.05) is 0 Å². The lowest BCUT2D eigenvalue weighted by atomic mass is 10.7. The molecule has 0 aromatic carbocycles. The van der Waals surface area contributed by atoms with E-state index in [2.05, 4.69) is 18.5 Å². The van der Waals surface area contributed by atoms with Crippen LogP contribution in [0.1, 0.15) is 0 Å². The molecule has 4 heteroatoms. The monoisotopic (exact) mass is 153 g/mol. The molecule has 0 saturated heterocycles. The number of carboxylic acids is 1. The van der Waals surface area contributed by atoms with Crippen molar-refractivity contribution >= 4 is 18.4 Å². The van der Waals surface area contributed by atoms with Crippen molar-refractivity contribution < 1.29 is 9.90 Å². The van der Waals surface area contributed by atoms with Gasteiger partial charge in [-0.25, -0.2) is 0 Å². The van der Waals surface area contributed by atoms with Gasteiger partial charge in [-0.1, -0.05) is 0 Å². The lowest BCUT2D eigenvalue weighted by Crippen LogP contribution is -2.16. The van der Waals surface area contributed by atoms with E-state index in [-0.39, 0.29) is 19.0 Å². The molecule has 0 spiro atoms. The zero-order chi connectivity index (χ0) is 6.99. The Morgan fingerprint density at radius 1 is 1.67 bits per heavy atom. The maximum Gasteiger partial charge on any atom is 0.317 e. The van der Waals surface area contributed by atoms with E-state index in [0.717, 1.165) is 0 Å². The third kappa shape index (κ3) is 36.7. The molecule has 0 aliphatic carbocycles. The number of carboxylic acid groups (broad SMARTS) is 1. The zero-order valence-corrected chi connectivity index (χ0v) is 6.20. The summed E-state index contributed by atoms with van der Waals surface area (Å²) in [4.78, 5) is 9.54. The van der Waals surface area contributed by atoms with Crippen LogP contribution in [0.25, 0.3) is 0 Å². The van der Waals surface area contributed by atoms with Gasteiger partial charge in [0.15, 0.2) is 0 Å². The molecule has 0 unspecified atom stereocenters. The van der Waals surface area contributed by atoms with Crippen molar-refractivity contribution in [3.8, 4) is 0 Å². The first-order chi connectivity index (χ1) is 3.77. The van der Waals surface area contributed by atoms with Crippen LogP contribution in [-0.4, -0.2) is 24.7 Å². The first kappa shape index (κ1) is 15.8. The van der Waals surface area contributed by atoms with Gasteiger partial charge >= 0.3 is 5.97 Å². The van der Waals surface area contributed by atoms with Crippen LogP contribution in [0.4, 0.5) is 0 Å². The highest BCUT2D eigenvalue weighted by atomic mass is 35.5. The molecule has 3 nitrogen and oxygen atoms in total. The summed E-state index contributed by atoms with van der Waals surface area (Å²) in [5.74, 6) is -0.822. The van der Waals surface area contributed by atoms with E-state index in [4.69, 9.17) is 5.11 Å². The Balaban J connectivity index is -0.000000109. The summed E-state index contributed by atoms with van der Waals surface area (Å²) in [6.45, 7) is 6.04. The van der Waals surface area contributed by atoms with E-state index in [1.165, 1.54) is 0 Å². The van der Waals surface area contributed by atoms with E-state index in [0.29, 0.717) is 0 Å². The van der Waals surface area contributed by atoms with Gasteiger partial charge in [0.05, 0.1) is 6.54 Å². The number of hydrogen-bond acceptors (Lipinski definition) is 2. The van der Waals surface area contributed by atoms with Gasteiger partial charge in [-0.05, 0) is 7.05 Å². The maximum absolute atomic E-state index is 9.54. The summed E-state index contributed by atoms with van der Waals surface area (Å²) < 4.78 is 0. The Labute approximate surface area is 61.2 Å². The quantitative estimate of drug-likeness (QED) is 0.569. The lowest BCUT2D eigenvalue weighted by Gasteiger charge is -1.84. The molecule has 56 valence electrons. The molecule has 0 fully saturated rings. The first-order valence-corrected chi connectivity index (χ1v) is 2.13. The van der Waals surface area contributed by atoms with E-state index < -0.39 is 5.97 Å². The van der Waals surface area contributed by atoms with Crippen molar-refractivity contribution in [2.45, 2.75) is 0 Å². The van der Waals surface area contributed by atoms with Crippen LogP contribution in [0.3, 0.4) is 0 Å². The topological polar surface area (TPSA) is 49.3 Å². The fourth-order valence-electron chi connectivity index (χ4n) is 0.151. The Bertz CT molecular complexity index is 68.0. The van der Waals surface area contributed by atoms with Crippen LogP contribution < -0.4 is 5.32 Å². The Kier molecular flexibility index (Phi) is 27.5. The van der Waals surface area contributed by atoms with E-state index in [9.17, 15) is 4.79 Å². The summed E-state index contributed by atoms with van der Waals surface area (Å²) in [5, 5.41) is 10.3. The number of likely N-dealkylation sites (N-methyl/N-ethyl adjacent to an activating group) is 1. The molecule has 9 heavy (non-hydrogen) atoms. The van der Waals surface area contributed by atoms with Crippen molar-refractivity contribution in [3.63, 3.8) is 0 Å². The molecule has 0 aromatic rings. The standard InChI is InChI=1S/C3H7NO2.C2H4.ClH/c1-4-2-3(5)6;1-2;/h4H,2H2,1H3,(H,5,6);1-2H2;1H. The second kappa shape index (κ2) is 15.7. The lowest BCUT2D eigenvalue weighted by molar-refractivity contribution is -0.135. The summed E-state index contributed by atoms with van der Waals surface area (Å²) >= 11 is 0. The van der Waals surface area contributed by atoms with Crippen molar-refractivity contribution in [2.24, 2.45) is 0 Å². The molecule has 0 bridgehead atoms. The maximum atomic E-state index is 9.54. The number of hydrogen-bond donors (Lipinski definition) is 2. The largest absolute Gasteiger partial charge is 0.480 e. The molecule has 0 radical (unpaired) electrons. The van der Waals surface area contributed by atoms with Gasteiger partial charge in [-0.2, -0.15) is 0 Å². The molecule has 0 aromatic heterocycles. The smallest absolute Gasteiger partial charge is 0.317 e. The molecular formula is C5H12ClNO2. The predicted molar refractivity (Wildman–Crippen MR) is 40.1 cm³/mol. The van der Waals surface area contributed by atoms with E-state index >= 15 is 0 Å². The molecule has 2 N–H and O–H groups in total. The van der Waals surface area contributed by atoms with Gasteiger partial charge in [0.1, 0.15) is 0 Å². The number of aliphatic carboxylic acids is 1. The number of halogens is 1. The van der Waals surface area contributed by atoms with Crippen LogP contribution in [0.2, 0.25) is 0 Å². The molecule has 0 saturated carbocycles. The molecule has 0 heterocycles. The van der Waals surface area contributed by atoms with Crippen LogP contribution in [-0.2, 0) is 4.79 Å². The van der Waals surface area contributed by atoms with Crippen LogP contribution in [0.15, 0.2) is 13.2 Å². The fourth-order valence-corrected chi connectivity index (χ4v) is 0.151. The predicted octanol–water partition coefficient (Wildman–Crippen LogP) is 0.514. The van der Waals surface area contributed by atoms with E-state index in [1.54, 1.807) is 7.05 Å². The first-order valence-electron chi connectivity index (χ1n) is 2.13. The van der Waals surface area contributed by atoms with Crippen molar-refractivity contribution in [2.75, 3.05) is 13.6 Å². The second-order valence-electron chi connectivity index (χ2n) is 0.924. The highest BCUT2D eigenvalue weighted by molar-refractivity contribution is 5.85. The zero-order valence-electron chi connectivity index (χ0n) is 5.39. The SMILES string of the molecule is C=C.CNCC(=O)O.Cl. The van der Waals surface area contributed by atoms with Gasteiger partial charge in [0.25, 0.3) is 0 Å². The highest BCUT2D eigenvalue weighted by Gasteiger charge is 1.86. The summed E-state index contributed by atoms with van der Waals surface area (Å²) in [7, 11) is 1.59. The fraction of sp³-hybridized carbons (Fsp3) is 0.400. The van der Waals surface area contributed by atoms with Crippen molar-refractivity contribution in [3.05, 3.63) is 13.2 Å². The Morgan fingerprint density at radius 2 is 2.00 bits per heavy atom. The molecule has 0 aliphatic rings. The van der Waals surface area contributed by atoms with Gasteiger partial charge in [0, 0.05) is 0 Å². The van der Waals surface area contributed by atoms with Gasteiger partial charge in [-0.15, -0.1) is 25.6 Å². The number of carbonyl (C=O) groups is 1. The molecule has 0 atom stereocenters. The Morgan fingerprint density at radius 3 is 2.00 bits per heavy atom. The number of nitrogens with one attached hydrogen (secondary N) is 1. The van der Waals surface area contributed by atoms with Crippen molar-refractivity contribution in [1.29, 1.82) is 0 Å². The third-order valence-corrected chi connectivity index (χ3v) is 0.328. The average Bonchev–Trinajstić information content (AvgIpc) is 1.72. The average molecular weight is 154 g/mol. The minimum Gasteiger partial charge on any atom is -0.480 e. The minimum absolute atomic E-state index is 0. The normalized spacial score (nSPS) is 5.89. The number of rotatable bonds is 2. The minimum atomic E-state index is -0.822. The van der Waals surface area contributed by atoms with Gasteiger partial charge in [-0.3, -0.25) is 4.79 Å². The summed E-state index contributed by atoms with van der Waals surface area (Å²) in [6, 6.07) is 0. The molecule has 0 aliphatic heterocycles. The van der Waals surface area contributed by atoms with Crippen LogP contribution in [0, 0.1) is 0 Å². The molecule has 0 rings (SSSR count). The van der Waals surface area contributed by atoms with Crippen LogP contribution in [0.5, 0.6) is 0 Å². The molecular weight excluding hydrogens is 142 g/mol. The third-order valence-electron chi connectivity index (χ3n) is 0.328.